The van der Waals surface area contributed by atoms with Crippen molar-refractivity contribution < 1.29 is 0 Å². The molecule has 0 radical (unpaired) electrons. The Balaban J connectivity index is 2.35. The fourth-order valence-corrected chi connectivity index (χ4v) is 1.37. The van der Waals surface area contributed by atoms with Crippen LogP contribution in [0, 0.1) is 0 Å². The molecule has 12 heavy (non-hydrogen) atoms. The maximum absolute atomic E-state index is 4.04. The molecule has 0 saturated carbocycles. The van der Waals surface area contributed by atoms with Crippen molar-refractivity contribution in [3.05, 3.63) is 18.5 Å². The van der Waals surface area contributed by atoms with Crippen molar-refractivity contribution in [1.29, 1.82) is 0 Å². The Morgan fingerprint density at radius 2 is 2.25 bits per heavy atom. The zero-order valence-corrected chi connectivity index (χ0v) is 7.39. The average molecular weight is 163 g/mol. The highest BCUT2D eigenvalue weighted by atomic mass is 15.1. The quantitative estimate of drug-likeness (QED) is 0.611. The minimum Gasteiger partial charge on any atom is -0.380 e. The summed E-state index contributed by atoms with van der Waals surface area (Å²) < 4.78 is 0. The van der Waals surface area contributed by atoms with Crippen LogP contribution >= 0.6 is 0 Å². The summed E-state index contributed by atoms with van der Waals surface area (Å²) in [5.41, 5.74) is 2.37. The molecule has 0 bridgehead atoms. The van der Waals surface area contributed by atoms with E-state index in [0.29, 0.717) is 0 Å². The van der Waals surface area contributed by atoms with E-state index in [1.165, 1.54) is 0 Å². The molecule has 0 fully saturated rings. The summed E-state index contributed by atoms with van der Waals surface area (Å²) >= 11 is 0. The van der Waals surface area contributed by atoms with Crippen molar-refractivity contribution in [2.75, 3.05) is 17.2 Å². The number of nitrogens with one attached hydrogen (secondary N) is 2. The van der Waals surface area contributed by atoms with Crippen LogP contribution in [0.25, 0.3) is 0 Å². The number of anilines is 2. The molecule has 3 heteroatoms. The Labute approximate surface area is 72.2 Å². The minimum absolute atomic E-state index is 0.133. The van der Waals surface area contributed by atoms with Gasteiger partial charge in [-0.1, -0.05) is 0 Å². The first-order chi connectivity index (χ1) is 5.67. The maximum atomic E-state index is 4.04. The van der Waals surface area contributed by atoms with Crippen molar-refractivity contribution >= 4 is 11.4 Å². The van der Waals surface area contributed by atoms with Gasteiger partial charge in [-0.05, 0) is 19.9 Å². The molecule has 1 aliphatic heterocycles. The van der Waals surface area contributed by atoms with E-state index < -0.39 is 0 Å². The highest BCUT2D eigenvalue weighted by molar-refractivity contribution is 5.70. The van der Waals surface area contributed by atoms with Crippen molar-refractivity contribution in [3.8, 4) is 0 Å². The lowest BCUT2D eigenvalue weighted by atomic mass is 10.0. The monoisotopic (exact) mass is 163 g/mol. The lowest BCUT2D eigenvalue weighted by Crippen LogP contribution is -2.42. The van der Waals surface area contributed by atoms with Gasteiger partial charge in [0.05, 0.1) is 17.6 Å². The first-order valence-corrected chi connectivity index (χ1v) is 4.13. The van der Waals surface area contributed by atoms with Gasteiger partial charge >= 0.3 is 0 Å². The van der Waals surface area contributed by atoms with Crippen LogP contribution in [0.15, 0.2) is 18.5 Å². The predicted molar refractivity (Wildman–Crippen MR) is 50.4 cm³/mol. The van der Waals surface area contributed by atoms with Gasteiger partial charge in [0.15, 0.2) is 0 Å². The van der Waals surface area contributed by atoms with Crippen LogP contribution in [0.1, 0.15) is 13.8 Å². The molecule has 0 amide bonds. The number of nitrogens with zero attached hydrogens (tertiary/aromatic N) is 1. The summed E-state index contributed by atoms with van der Waals surface area (Å²) in [7, 11) is 0. The second-order valence-electron chi connectivity index (χ2n) is 3.78. The molecule has 1 aromatic rings. The molecule has 0 atom stereocenters. The molecule has 64 valence electrons. The van der Waals surface area contributed by atoms with Crippen LogP contribution in [-0.4, -0.2) is 17.1 Å². The zero-order chi connectivity index (χ0) is 8.60. The van der Waals surface area contributed by atoms with Gasteiger partial charge in [-0.3, -0.25) is 4.98 Å². The number of hydrogen-bond donors (Lipinski definition) is 2. The van der Waals surface area contributed by atoms with Gasteiger partial charge in [0.1, 0.15) is 0 Å². The van der Waals surface area contributed by atoms with Crippen molar-refractivity contribution in [3.63, 3.8) is 0 Å². The smallest absolute Gasteiger partial charge is 0.0763 e. The van der Waals surface area contributed by atoms with Crippen molar-refractivity contribution in [1.82, 2.24) is 4.98 Å². The summed E-state index contributed by atoms with van der Waals surface area (Å²) in [6, 6.07) is 1.99. The third-order valence-corrected chi connectivity index (χ3v) is 2.01. The topological polar surface area (TPSA) is 37.0 Å². The molecule has 1 aliphatic rings. The number of pyridine rings is 1. The molecule has 2 rings (SSSR count). The summed E-state index contributed by atoms with van der Waals surface area (Å²) in [4.78, 5) is 4.04. The van der Waals surface area contributed by atoms with Crippen LogP contribution < -0.4 is 10.6 Å². The van der Waals surface area contributed by atoms with Gasteiger partial charge in [0.25, 0.3) is 0 Å². The maximum Gasteiger partial charge on any atom is 0.0763 e. The van der Waals surface area contributed by atoms with Gasteiger partial charge in [0, 0.05) is 18.3 Å². The van der Waals surface area contributed by atoms with Crippen LogP contribution in [0.3, 0.4) is 0 Å². The van der Waals surface area contributed by atoms with E-state index in [9.17, 15) is 0 Å². The van der Waals surface area contributed by atoms with Gasteiger partial charge in [-0.2, -0.15) is 0 Å². The Hall–Kier alpha value is -1.25. The molecule has 0 spiro atoms. The van der Waals surface area contributed by atoms with Crippen LogP contribution in [0.2, 0.25) is 0 Å². The first kappa shape index (κ1) is 7.40. The molecule has 0 unspecified atom stereocenters. The molecule has 0 aliphatic carbocycles. The number of rotatable bonds is 0. The summed E-state index contributed by atoms with van der Waals surface area (Å²) in [5.74, 6) is 0. The number of fused-ring (bicyclic) bond motifs is 1. The molecule has 0 saturated heterocycles. The number of aromatic nitrogens is 1. The third kappa shape index (κ3) is 1.22. The van der Waals surface area contributed by atoms with Gasteiger partial charge < -0.3 is 10.6 Å². The molecular weight excluding hydrogens is 150 g/mol. The third-order valence-electron chi connectivity index (χ3n) is 2.01. The van der Waals surface area contributed by atoms with E-state index in [2.05, 4.69) is 29.5 Å². The molecule has 2 heterocycles. The molecule has 0 aromatic carbocycles. The Kier molecular flexibility index (Phi) is 1.46. The summed E-state index contributed by atoms with van der Waals surface area (Å²) in [6.45, 7) is 5.28. The minimum atomic E-state index is 0.133. The van der Waals surface area contributed by atoms with E-state index in [0.717, 1.165) is 17.9 Å². The van der Waals surface area contributed by atoms with Crippen molar-refractivity contribution in [2.24, 2.45) is 0 Å². The second-order valence-corrected chi connectivity index (χ2v) is 3.78. The lowest BCUT2D eigenvalue weighted by Gasteiger charge is -2.34. The summed E-state index contributed by atoms with van der Waals surface area (Å²) in [6.07, 6.45) is 3.65. The van der Waals surface area contributed by atoms with E-state index in [1.807, 2.05) is 12.3 Å². The largest absolute Gasteiger partial charge is 0.380 e. The van der Waals surface area contributed by atoms with Crippen LogP contribution in [-0.2, 0) is 0 Å². The average Bonchev–Trinajstić information content (AvgIpc) is 2.02. The van der Waals surface area contributed by atoms with Gasteiger partial charge in [0.2, 0.25) is 0 Å². The zero-order valence-electron chi connectivity index (χ0n) is 7.39. The first-order valence-electron chi connectivity index (χ1n) is 4.13. The van der Waals surface area contributed by atoms with E-state index in [4.69, 9.17) is 0 Å². The number of hydrogen-bond acceptors (Lipinski definition) is 3. The molecular formula is C9H13N3. The highest BCUT2D eigenvalue weighted by Crippen LogP contribution is 2.27. The fraction of sp³-hybridized carbons (Fsp3) is 0.444. The highest BCUT2D eigenvalue weighted by Gasteiger charge is 2.23. The summed E-state index contributed by atoms with van der Waals surface area (Å²) in [5, 5.41) is 6.76. The second kappa shape index (κ2) is 2.37. The van der Waals surface area contributed by atoms with E-state index in [-0.39, 0.29) is 5.54 Å². The molecule has 1 aromatic heterocycles. The van der Waals surface area contributed by atoms with Gasteiger partial charge in [-0.25, -0.2) is 0 Å². The Morgan fingerprint density at radius 3 is 3.08 bits per heavy atom. The Morgan fingerprint density at radius 1 is 1.42 bits per heavy atom. The molecule has 2 N–H and O–H groups in total. The van der Waals surface area contributed by atoms with Gasteiger partial charge in [-0.15, -0.1) is 0 Å². The van der Waals surface area contributed by atoms with E-state index in [1.54, 1.807) is 6.20 Å². The fourth-order valence-electron chi connectivity index (χ4n) is 1.37. The van der Waals surface area contributed by atoms with Crippen molar-refractivity contribution in [2.45, 2.75) is 19.4 Å². The standard InChI is InChI=1S/C9H13N3/c1-9(2)6-11-8-5-10-4-3-7(8)12-9/h3-5,11-12H,6H2,1-2H3. The lowest BCUT2D eigenvalue weighted by molar-refractivity contribution is 0.588. The SMILES string of the molecule is CC1(C)CNc2cnccc2N1. The van der Waals surface area contributed by atoms with Crippen LogP contribution in [0.4, 0.5) is 11.4 Å². The van der Waals surface area contributed by atoms with Crippen LogP contribution in [0.5, 0.6) is 0 Å². The molecule has 3 nitrogen and oxygen atoms in total. The van der Waals surface area contributed by atoms with E-state index >= 15 is 0 Å². The normalized spacial score (nSPS) is 18.8. The Bertz CT molecular complexity index is 294. The predicted octanol–water partition coefficient (Wildman–Crippen LogP) is 1.70.